The lowest BCUT2D eigenvalue weighted by molar-refractivity contribution is -0.131. The first-order valence-electron chi connectivity index (χ1n) is 6.40. The Morgan fingerprint density at radius 3 is 3.06 bits per heavy atom. The van der Waals surface area contributed by atoms with Gasteiger partial charge in [-0.2, -0.15) is 0 Å². The van der Waals surface area contributed by atoms with Crippen LogP contribution < -0.4 is 0 Å². The first-order chi connectivity index (χ1) is 8.79. The van der Waals surface area contributed by atoms with E-state index in [1.807, 2.05) is 17.0 Å². The van der Waals surface area contributed by atoms with Crippen molar-refractivity contribution in [3.05, 3.63) is 29.8 Å². The molecule has 4 heteroatoms. The molecule has 0 spiro atoms. The van der Waals surface area contributed by atoms with Crippen molar-refractivity contribution in [1.82, 2.24) is 4.90 Å². The van der Waals surface area contributed by atoms with E-state index < -0.39 is 0 Å². The molecule has 0 saturated carbocycles. The van der Waals surface area contributed by atoms with Crippen LogP contribution in [-0.4, -0.2) is 34.5 Å². The van der Waals surface area contributed by atoms with Gasteiger partial charge in [-0.05, 0) is 30.9 Å². The van der Waals surface area contributed by atoms with E-state index >= 15 is 0 Å². The minimum absolute atomic E-state index is 0.0613. The van der Waals surface area contributed by atoms with Gasteiger partial charge in [-0.1, -0.05) is 18.2 Å². The summed E-state index contributed by atoms with van der Waals surface area (Å²) in [5, 5.41) is 0.0613. The van der Waals surface area contributed by atoms with E-state index in [1.54, 1.807) is 11.8 Å². The van der Waals surface area contributed by atoms with Gasteiger partial charge in [0.1, 0.15) is 0 Å². The van der Waals surface area contributed by atoms with Gasteiger partial charge >= 0.3 is 0 Å². The maximum absolute atomic E-state index is 12.5. The SMILES string of the molecule is O=C(C1Cc2ccccc2S1)N1CCCC1CCl. The van der Waals surface area contributed by atoms with Crippen molar-refractivity contribution < 1.29 is 4.79 Å². The van der Waals surface area contributed by atoms with Crippen molar-refractivity contribution in [2.45, 2.75) is 35.4 Å². The topological polar surface area (TPSA) is 20.3 Å². The second-order valence-electron chi connectivity index (χ2n) is 4.90. The number of hydrogen-bond acceptors (Lipinski definition) is 2. The van der Waals surface area contributed by atoms with Crippen LogP contribution in [0, 0.1) is 0 Å². The molecular weight excluding hydrogens is 266 g/mol. The van der Waals surface area contributed by atoms with E-state index in [-0.39, 0.29) is 17.2 Å². The average Bonchev–Trinajstić information content (AvgIpc) is 3.03. The highest BCUT2D eigenvalue weighted by atomic mass is 35.5. The minimum Gasteiger partial charge on any atom is -0.338 e. The van der Waals surface area contributed by atoms with Crippen LogP contribution >= 0.6 is 23.4 Å². The number of benzene rings is 1. The standard InChI is InChI=1S/C14H16ClNOS/c15-9-11-5-3-7-16(11)14(17)13-8-10-4-1-2-6-12(10)18-13/h1-2,4,6,11,13H,3,5,7-9H2. The number of fused-ring (bicyclic) bond motifs is 1. The Labute approximate surface area is 117 Å². The predicted molar refractivity (Wildman–Crippen MR) is 75.2 cm³/mol. The molecule has 2 aliphatic heterocycles. The molecule has 2 nitrogen and oxygen atoms in total. The molecule has 0 aliphatic carbocycles. The molecule has 1 saturated heterocycles. The predicted octanol–water partition coefficient (Wildman–Crippen LogP) is 2.93. The molecule has 2 heterocycles. The summed E-state index contributed by atoms with van der Waals surface area (Å²) in [6.07, 6.45) is 3.01. The van der Waals surface area contributed by atoms with Gasteiger partial charge in [-0.3, -0.25) is 4.79 Å². The van der Waals surface area contributed by atoms with Crippen LogP contribution in [-0.2, 0) is 11.2 Å². The number of halogens is 1. The fourth-order valence-electron chi connectivity index (χ4n) is 2.79. The van der Waals surface area contributed by atoms with Crippen LogP contribution in [0.4, 0.5) is 0 Å². The summed E-state index contributed by atoms with van der Waals surface area (Å²) in [5.41, 5.74) is 1.31. The fourth-order valence-corrected chi connectivity index (χ4v) is 4.38. The number of hydrogen-bond donors (Lipinski definition) is 0. The summed E-state index contributed by atoms with van der Waals surface area (Å²) in [7, 11) is 0. The van der Waals surface area contributed by atoms with Gasteiger partial charge in [-0.25, -0.2) is 0 Å². The lowest BCUT2D eigenvalue weighted by atomic mass is 10.1. The van der Waals surface area contributed by atoms with E-state index in [0.29, 0.717) is 5.88 Å². The smallest absolute Gasteiger partial charge is 0.236 e. The number of carbonyl (C=O) groups is 1. The zero-order valence-electron chi connectivity index (χ0n) is 10.1. The molecule has 1 fully saturated rings. The molecule has 0 N–H and O–H groups in total. The summed E-state index contributed by atoms with van der Waals surface area (Å²) >= 11 is 7.65. The molecular formula is C14H16ClNOS. The molecule has 96 valence electrons. The highest BCUT2D eigenvalue weighted by Gasteiger charge is 2.36. The van der Waals surface area contributed by atoms with Crippen LogP contribution in [0.5, 0.6) is 0 Å². The molecule has 0 radical (unpaired) electrons. The summed E-state index contributed by atoms with van der Waals surface area (Å²) in [4.78, 5) is 15.8. The number of amides is 1. The van der Waals surface area contributed by atoms with Crippen molar-refractivity contribution in [2.24, 2.45) is 0 Å². The Kier molecular flexibility index (Phi) is 3.53. The van der Waals surface area contributed by atoms with Crippen molar-refractivity contribution in [1.29, 1.82) is 0 Å². The third kappa shape index (κ3) is 2.14. The Bertz CT molecular complexity index is 440. The molecule has 3 rings (SSSR count). The summed E-state index contributed by atoms with van der Waals surface area (Å²) in [5.74, 6) is 0.843. The van der Waals surface area contributed by atoms with Gasteiger partial charge in [0.25, 0.3) is 0 Å². The molecule has 18 heavy (non-hydrogen) atoms. The van der Waals surface area contributed by atoms with Crippen LogP contribution in [0.25, 0.3) is 0 Å². The van der Waals surface area contributed by atoms with Gasteiger partial charge in [0, 0.05) is 23.4 Å². The Morgan fingerprint density at radius 1 is 1.44 bits per heavy atom. The van der Waals surface area contributed by atoms with Gasteiger partial charge in [0.05, 0.1) is 5.25 Å². The zero-order valence-corrected chi connectivity index (χ0v) is 11.7. The second-order valence-corrected chi connectivity index (χ2v) is 6.45. The van der Waals surface area contributed by atoms with Crippen molar-refractivity contribution in [3.8, 4) is 0 Å². The second kappa shape index (κ2) is 5.14. The van der Waals surface area contributed by atoms with Crippen LogP contribution in [0.1, 0.15) is 18.4 Å². The van der Waals surface area contributed by atoms with Crippen molar-refractivity contribution in [2.75, 3.05) is 12.4 Å². The molecule has 2 atom stereocenters. The maximum Gasteiger partial charge on any atom is 0.236 e. The van der Waals surface area contributed by atoms with Crippen LogP contribution in [0.3, 0.4) is 0 Å². The van der Waals surface area contributed by atoms with E-state index in [9.17, 15) is 4.79 Å². The molecule has 1 aromatic carbocycles. The lowest BCUT2D eigenvalue weighted by Gasteiger charge is -2.25. The molecule has 2 aliphatic rings. The Balaban J connectivity index is 1.72. The van der Waals surface area contributed by atoms with E-state index in [2.05, 4.69) is 12.1 Å². The molecule has 0 bridgehead atoms. The zero-order chi connectivity index (χ0) is 12.5. The van der Waals surface area contributed by atoms with E-state index in [1.165, 1.54) is 10.5 Å². The summed E-state index contributed by atoms with van der Waals surface area (Å²) in [6.45, 7) is 0.879. The largest absolute Gasteiger partial charge is 0.338 e. The fraction of sp³-hybridized carbons (Fsp3) is 0.500. The van der Waals surface area contributed by atoms with Crippen molar-refractivity contribution >= 4 is 29.3 Å². The quantitative estimate of drug-likeness (QED) is 0.777. The highest BCUT2D eigenvalue weighted by Crippen LogP contribution is 2.38. The van der Waals surface area contributed by atoms with E-state index in [4.69, 9.17) is 11.6 Å². The summed E-state index contributed by atoms with van der Waals surface area (Å²) in [6, 6.07) is 8.57. The first kappa shape index (κ1) is 12.4. The Hall–Kier alpha value is -0.670. The van der Waals surface area contributed by atoms with Gasteiger partial charge in [-0.15, -0.1) is 23.4 Å². The van der Waals surface area contributed by atoms with Gasteiger partial charge in [0.2, 0.25) is 5.91 Å². The molecule has 1 aromatic rings. The van der Waals surface area contributed by atoms with Crippen molar-refractivity contribution in [3.63, 3.8) is 0 Å². The minimum atomic E-state index is 0.0613. The number of alkyl halides is 1. The number of rotatable bonds is 2. The Morgan fingerprint density at radius 2 is 2.28 bits per heavy atom. The third-order valence-electron chi connectivity index (χ3n) is 3.76. The average molecular weight is 282 g/mol. The number of carbonyl (C=O) groups excluding carboxylic acids is 1. The van der Waals surface area contributed by atoms with Gasteiger partial charge < -0.3 is 4.90 Å². The summed E-state index contributed by atoms with van der Waals surface area (Å²) < 4.78 is 0. The normalized spacial score (nSPS) is 26.4. The molecule has 1 amide bonds. The molecule has 2 unspecified atom stereocenters. The van der Waals surface area contributed by atoms with Crippen LogP contribution in [0.15, 0.2) is 29.2 Å². The van der Waals surface area contributed by atoms with Crippen LogP contribution in [0.2, 0.25) is 0 Å². The number of nitrogens with zero attached hydrogens (tertiary/aromatic N) is 1. The number of thioether (sulfide) groups is 1. The van der Waals surface area contributed by atoms with E-state index in [0.717, 1.165) is 25.8 Å². The third-order valence-corrected chi connectivity index (χ3v) is 5.42. The first-order valence-corrected chi connectivity index (χ1v) is 7.82. The van der Waals surface area contributed by atoms with Gasteiger partial charge in [0.15, 0.2) is 0 Å². The molecule has 0 aromatic heterocycles. The lowest BCUT2D eigenvalue weighted by Crippen LogP contribution is -2.41. The maximum atomic E-state index is 12.5. The number of likely N-dealkylation sites (tertiary alicyclic amines) is 1. The monoisotopic (exact) mass is 281 g/mol. The highest BCUT2D eigenvalue weighted by molar-refractivity contribution is 8.01.